The Morgan fingerprint density at radius 1 is 1.50 bits per heavy atom. The molecule has 0 spiro atoms. The molecule has 0 heterocycles. The van der Waals surface area contributed by atoms with Crippen LogP contribution >= 0.6 is 11.6 Å². The Balaban J connectivity index is 2.19. The van der Waals surface area contributed by atoms with Crippen LogP contribution in [0, 0.1) is 11.7 Å². The molecule has 1 saturated carbocycles. The molecule has 1 aromatic rings. The highest BCUT2D eigenvalue weighted by molar-refractivity contribution is 6.31. The third kappa shape index (κ3) is 2.07. The smallest absolute Gasteiger partial charge is 0.130 e. The molecule has 0 aliphatic heterocycles. The summed E-state index contributed by atoms with van der Waals surface area (Å²) in [6.07, 6.45) is 2.16. The van der Waals surface area contributed by atoms with Crippen LogP contribution in [-0.2, 0) is 0 Å². The molecule has 1 aromatic carbocycles. The third-order valence-corrected chi connectivity index (χ3v) is 2.92. The Morgan fingerprint density at radius 3 is 2.79 bits per heavy atom. The minimum Gasteiger partial charge on any atom is -0.388 e. The lowest BCUT2D eigenvalue weighted by Crippen LogP contribution is -2.02. The predicted molar refractivity (Wildman–Crippen MR) is 53.7 cm³/mol. The molecule has 1 nitrogen and oxygen atoms in total. The van der Waals surface area contributed by atoms with Crippen molar-refractivity contribution in [1.29, 1.82) is 0 Å². The van der Waals surface area contributed by atoms with Crippen LogP contribution < -0.4 is 0 Å². The summed E-state index contributed by atoms with van der Waals surface area (Å²) in [6.45, 7) is 0. The van der Waals surface area contributed by atoms with Gasteiger partial charge in [0.25, 0.3) is 0 Å². The second-order valence-electron chi connectivity index (χ2n) is 3.83. The molecule has 1 N–H and O–H groups in total. The number of rotatable bonds is 3. The molecule has 1 atom stereocenters. The van der Waals surface area contributed by atoms with Crippen LogP contribution in [-0.4, -0.2) is 5.11 Å². The highest BCUT2D eigenvalue weighted by atomic mass is 35.5. The van der Waals surface area contributed by atoms with Crippen molar-refractivity contribution in [3.05, 3.63) is 34.6 Å². The molecular formula is C11H12ClFO. The van der Waals surface area contributed by atoms with Gasteiger partial charge in [-0.15, -0.1) is 0 Å². The fourth-order valence-electron chi connectivity index (χ4n) is 1.62. The molecule has 1 aliphatic rings. The maximum atomic E-state index is 13.3. The molecule has 0 bridgehead atoms. The van der Waals surface area contributed by atoms with Gasteiger partial charge in [0.1, 0.15) is 5.82 Å². The van der Waals surface area contributed by atoms with E-state index in [9.17, 15) is 9.50 Å². The molecule has 1 aliphatic carbocycles. The second kappa shape index (κ2) is 3.87. The van der Waals surface area contributed by atoms with E-state index in [1.807, 2.05) is 0 Å². The van der Waals surface area contributed by atoms with Gasteiger partial charge in [-0.05, 0) is 24.5 Å². The summed E-state index contributed by atoms with van der Waals surface area (Å²) in [4.78, 5) is 0. The number of aliphatic hydroxyl groups is 1. The summed E-state index contributed by atoms with van der Waals surface area (Å²) in [5.74, 6) is 0.145. The Morgan fingerprint density at radius 2 is 2.21 bits per heavy atom. The van der Waals surface area contributed by atoms with Crippen molar-refractivity contribution in [2.45, 2.75) is 25.4 Å². The van der Waals surface area contributed by atoms with E-state index in [4.69, 9.17) is 11.6 Å². The summed E-state index contributed by atoms with van der Waals surface area (Å²) < 4.78 is 13.3. The number of hydrogen-bond donors (Lipinski definition) is 1. The summed E-state index contributed by atoms with van der Waals surface area (Å²) in [6, 6.07) is 4.48. The lowest BCUT2D eigenvalue weighted by Gasteiger charge is -2.12. The van der Waals surface area contributed by atoms with Crippen molar-refractivity contribution in [3.63, 3.8) is 0 Å². The first-order chi connectivity index (χ1) is 6.68. The van der Waals surface area contributed by atoms with Crippen LogP contribution in [0.25, 0.3) is 0 Å². The average Bonchev–Trinajstić information content (AvgIpc) is 2.87. The van der Waals surface area contributed by atoms with Crippen LogP contribution in [0.5, 0.6) is 0 Å². The maximum absolute atomic E-state index is 13.3. The fraction of sp³-hybridized carbons (Fsp3) is 0.455. The molecule has 3 heteroatoms. The zero-order valence-electron chi connectivity index (χ0n) is 7.71. The minimum absolute atomic E-state index is 0.251. The molecule has 76 valence electrons. The van der Waals surface area contributed by atoms with E-state index in [2.05, 4.69) is 0 Å². The van der Waals surface area contributed by atoms with Crippen LogP contribution in [0.4, 0.5) is 4.39 Å². The van der Waals surface area contributed by atoms with Crippen LogP contribution in [0.1, 0.15) is 30.9 Å². The highest BCUT2D eigenvalue weighted by Gasteiger charge is 2.27. The van der Waals surface area contributed by atoms with E-state index < -0.39 is 11.9 Å². The quantitative estimate of drug-likeness (QED) is 0.819. The Hall–Kier alpha value is -0.600. The van der Waals surface area contributed by atoms with E-state index in [1.165, 1.54) is 6.07 Å². The number of hydrogen-bond acceptors (Lipinski definition) is 1. The molecule has 0 radical (unpaired) electrons. The van der Waals surface area contributed by atoms with Crippen molar-refractivity contribution >= 4 is 11.6 Å². The SMILES string of the molecule is OC(CC1CC1)c1c(F)cccc1Cl. The minimum atomic E-state index is -0.754. The Labute approximate surface area is 87.5 Å². The van der Waals surface area contributed by atoms with Gasteiger partial charge in [0, 0.05) is 10.6 Å². The second-order valence-corrected chi connectivity index (χ2v) is 4.24. The average molecular weight is 215 g/mol. The Kier molecular flexibility index (Phi) is 2.75. The van der Waals surface area contributed by atoms with E-state index >= 15 is 0 Å². The monoisotopic (exact) mass is 214 g/mol. The van der Waals surface area contributed by atoms with Crippen molar-refractivity contribution in [2.24, 2.45) is 5.92 Å². The van der Waals surface area contributed by atoms with E-state index in [0.717, 1.165) is 12.8 Å². The summed E-state index contributed by atoms with van der Waals surface area (Å²) in [5, 5.41) is 10.1. The molecular weight excluding hydrogens is 203 g/mol. The third-order valence-electron chi connectivity index (χ3n) is 2.59. The van der Waals surface area contributed by atoms with Crippen LogP contribution in [0.15, 0.2) is 18.2 Å². The molecule has 1 fully saturated rings. The van der Waals surface area contributed by atoms with Gasteiger partial charge in [-0.25, -0.2) is 4.39 Å². The van der Waals surface area contributed by atoms with Gasteiger partial charge in [0.15, 0.2) is 0 Å². The predicted octanol–water partition coefficient (Wildman–Crippen LogP) is 3.31. The zero-order chi connectivity index (χ0) is 10.1. The first-order valence-electron chi connectivity index (χ1n) is 4.80. The van der Waals surface area contributed by atoms with E-state index in [1.54, 1.807) is 12.1 Å². The van der Waals surface area contributed by atoms with Gasteiger partial charge in [-0.2, -0.15) is 0 Å². The normalized spacial score (nSPS) is 18.2. The van der Waals surface area contributed by atoms with E-state index in [0.29, 0.717) is 17.4 Å². The van der Waals surface area contributed by atoms with Gasteiger partial charge < -0.3 is 5.11 Å². The summed E-state index contributed by atoms with van der Waals surface area (Å²) >= 11 is 5.83. The zero-order valence-corrected chi connectivity index (χ0v) is 8.47. The molecule has 2 rings (SSSR count). The van der Waals surface area contributed by atoms with Crippen molar-refractivity contribution in [3.8, 4) is 0 Å². The first kappa shape index (κ1) is 9.94. The van der Waals surface area contributed by atoms with Crippen LogP contribution in [0.3, 0.4) is 0 Å². The Bertz CT molecular complexity index is 316. The van der Waals surface area contributed by atoms with Gasteiger partial charge in [-0.3, -0.25) is 0 Å². The fourth-order valence-corrected chi connectivity index (χ4v) is 1.91. The summed E-state index contributed by atoms with van der Waals surface area (Å²) in [7, 11) is 0. The van der Waals surface area contributed by atoms with Crippen molar-refractivity contribution < 1.29 is 9.50 Å². The highest BCUT2D eigenvalue weighted by Crippen LogP contribution is 2.39. The van der Waals surface area contributed by atoms with Crippen molar-refractivity contribution in [2.75, 3.05) is 0 Å². The largest absolute Gasteiger partial charge is 0.388 e. The van der Waals surface area contributed by atoms with Gasteiger partial charge in [-0.1, -0.05) is 30.5 Å². The number of halogens is 2. The van der Waals surface area contributed by atoms with E-state index in [-0.39, 0.29) is 5.56 Å². The standard InChI is InChI=1S/C11H12ClFO/c12-8-2-1-3-9(13)11(8)10(14)6-7-4-5-7/h1-3,7,10,14H,4-6H2. The maximum Gasteiger partial charge on any atom is 0.130 e. The molecule has 0 aromatic heterocycles. The number of aliphatic hydroxyl groups excluding tert-OH is 1. The topological polar surface area (TPSA) is 20.2 Å². The first-order valence-corrected chi connectivity index (χ1v) is 5.18. The lowest BCUT2D eigenvalue weighted by molar-refractivity contribution is 0.156. The lowest BCUT2D eigenvalue weighted by atomic mass is 10.0. The summed E-state index contributed by atoms with van der Waals surface area (Å²) in [5.41, 5.74) is 0.251. The van der Waals surface area contributed by atoms with Gasteiger partial charge in [0.2, 0.25) is 0 Å². The van der Waals surface area contributed by atoms with Gasteiger partial charge in [0.05, 0.1) is 6.10 Å². The number of benzene rings is 1. The van der Waals surface area contributed by atoms with Crippen molar-refractivity contribution in [1.82, 2.24) is 0 Å². The molecule has 0 saturated heterocycles. The van der Waals surface area contributed by atoms with Gasteiger partial charge >= 0.3 is 0 Å². The molecule has 0 amide bonds. The molecule has 14 heavy (non-hydrogen) atoms. The van der Waals surface area contributed by atoms with Crippen LogP contribution in [0.2, 0.25) is 5.02 Å². The molecule has 1 unspecified atom stereocenters.